The van der Waals surface area contributed by atoms with Gasteiger partial charge in [0.05, 0.1) is 6.04 Å². The van der Waals surface area contributed by atoms with Crippen LogP contribution in [0.5, 0.6) is 0 Å². The fraction of sp³-hybridized carbons (Fsp3) is 0.125. The molecule has 0 saturated carbocycles. The molecule has 1 heterocycles. The largest absolute Gasteiger partial charge is 0.309 e. The second-order valence-corrected chi connectivity index (χ2v) is 5.82. The van der Waals surface area contributed by atoms with Crippen LogP contribution in [0.4, 0.5) is 0 Å². The first-order chi connectivity index (χ1) is 9.29. The van der Waals surface area contributed by atoms with Crippen molar-refractivity contribution in [2.24, 2.45) is 0 Å². The summed E-state index contributed by atoms with van der Waals surface area (Å²) in [5.41, 5.74) is 2.49. The normalized spacial score (nSPS) is 12.7. The zero-order valence-corrected chi connectivity index (χ0v) is 12.1. The third kappa shape index (κ3) is 2.39. The number of fused-ring (bicyclic) bond motifs is 1. The maximum atomic E-state index is 6.11. The van der Waals surface area contributed by atoms with Crippen molar-refractivity contribution in [1.82, 2.24) is 5.32 Å². The van der Waals surface area contributed by atoms with Crippen LogP contribution in [0.1, 0.15) is 17.2 Å². The Labute approximate surface area is 121 Å². The monoisotopic (exact) mass is 287 g/mol. The molecular formula is C16H14ClNS. The fourth-order valence-electron chi connectivity index (χ4n) is 2.43. The molecular weight excluding hydrogens is 274 g/mol. The molecule has 96 valence electrons. The molecule has 0 radical (unpaired) electrons. The molecule has 1 N–H and O–H groups in total. The highest BCUT2D eigenvalue weighted by molar-refractivity contribution is 7.17. The molecule has 0 saturated heterocycles. The molecule has 0 fully saturated rings. The van der Waals surface area contributed by atoms with Crippen molar-refractivity contribution in [1.29, 1.82) is 0 Å². The van der Waals surface area contributed by atoms with Gasteiger partial charge >= 0.3 is 0 Å². The molecule has 3 rings (SSSR count). The maximum Gasteiger partial charge on any atom is 0.0589 e. The Morgan fingerprint density at radius 2 is 1.95 bits per heavy atom. The summed E-state index contributed by atoms with van der Waals surface area (Å²) >= 11 is 7.89. The van der Waals surface area contributed by atoms with E-state index in [4.69, 9.17) is 11.6 Å². The summed E-state index contributed by atoms with van der Waals surface area (Å²) in [6.45, 7) is 0. The Bertz CT molecular complexity index is 705. The van der Waals surface area contributed by atoms with E-state index in [1.54, 1.807) is 11.3 Å². The van der Waals surface area contributed by atoms with E-state index in [2.05, 4.69) is 41.0 Å². The molecule has 0 bridgehead atoms. The number of halogens is 1. The van der Waals surface area contributed by atoms with Gasteiger partial charge in [0.2, 0.25) is 0 Å². The van der Waals surface area contributed by atoms with Crippen LogP contribution in [0.25, 0.3) is 10.1 Å². The third-order valence-electron chi connectivity index (χ3n) is 3.29. The predicted molar refractivity (Wildman–Crippen MR) is 84.2 cm³/mol. The van der Waals surface area contributed by atoms with Crippen molar-refractivity contribution in [3.8, 4) is 0 Å². The third-order valence-corrected chi connectivity index (χ3v) is 4.51. The van der Waals surface area contributed by atoms with Crippen LogP contribution in [-0.4, -0.2) is 7.05 Å². The van der Waals surface area contributed by atoms with Gasteiger partial charge in [0.1, 0.15) is 0 Å². The number of benzene rings is 2. The summed E-state index contributed by atoms with van der Waals surface area (Å²) in [4.78, 5) is 0. The molecule has 2 aromatic carbocycles. The highest BCUT2D eigenvalue weighted by Gasteiger charge is 2.15. The highest BCUT2D eigenvalue weighted by Crippen LogP contribution is 2.32. The topological polar surface area (TPSA) is 12.0 Å². The van der Waals surface area contributed by atoms with Crippen molar-refractivity contribution in [2.45, 2.75) is 6.04 Å². The summed E-state index contributed by atoms with van der Waals surface area (Å²) in [7, 11) is 1.98. The molecule has 3 aromatic rings. The first kappa shape index (κ1) is 12.7. The Kier molecular flexibility index (Phi) is 3.56. The molecule has 1 aromatic heterocycles. The zero-order valence-electron chi connectivity index (χ0n) is 10.6. The average Bonchev–Trinajstić information content (AvgIpc) is 2.89. The van der Waals surface area contributed by atoms with Gasteiger partial charge in [-0.15, -0.1) is 11.3 Å². The van der Waals surface area contributed by atoms with E-state index >= 15 is 0 Å². The lowest BCUT2D eigenvalue weighted by molar-refractivity contribution is 0.698. The first-order valence-electron chi connectivity index (χ1n) is 6.18. The lowest BCUT2D eigenvalue weighted by Crippen LogP contribution is -2.17. The molecule has 0 aliphatic carbocycles. The van der Waals surface area contributed by atoms with Crippen LogP contribution >= 0.6 is 22.9 Å². The molecule has 0 aliphatic rings. The lowest BCUT2D eigenvalue weighted by Gasteiger charge is -2.18. The SMILES string of the molecule is CNC(c1cccc(Cl)c1)c1cccc2ccsc12. The Hall–Kier alpha value is -1.35. The first-order valence-corrected chi connectivity index (χ1v) is 7.44. The second-order valence-electron chi connectivity index (χ2n) is 4.46. The van der Waals surface area contributed by atoms with E-state index < -0.39 is 0 Å². The van der Waals surface area contributed by atoms with E-state index in [0.717, 1.165) is 5.02 Å². The maximum absolute atomic E-state index is 6.11. The fourth-order valence-corrected chi connectivity index (χ4v) is 3.57. The van der Waals surface area contributed by atoms with Gasteiger partial charge in [-0.1, -0.05) is 41.9 Å². The van der Waals surface area contributed by atoms with Gasteiger partial charge in [0.25, 0.3) is 0 Å². The van der Waals surface area contributed by atoms with Crippen LogP contribution in [0.2, 0.25) is 5.02 Å². The quantitative estimate of drug-likeness (QED) is 0.725. The van der Waals surface area contributed by atoms with E-state index in [9.17, 15) is 0 Å². The van der Waals surface area contributed by atoms with Gasteiger partial charge in [-0.3, -0.25) is 0 Å². The summed E-state index contributed by atoms with van der Waals surface area (Å²) in [5, 5.41) is 7.60. The van der Waals surface area contributed by atoms with Gasteiger partial charge in [0.15, 0.2) is 0 Å². The van der Waals surface area contributed by atoms with Gasteiger partial charge in [0, 0.05) is 9.72 Å². The van der Waals surface area contributed by atoms with Crippen LogP contribution in [0.3, 0.4) is 0 Å². The van der Waals surface area contributed by atoms with E-state index in [0.29, 0.717) is 0 Å². The Morgan fingerprint density at radius 3 is 2.74 bits per heavy atom. The number of hydrogen-bond acceptors (Lipinski definition) is 2. The molecule has 1 nitrogen and oxygen atoms in total. The van der Waals surface area contributed by atoms with Crippen LogP contribution in [-0.2, 0) is 0 Å². The van der Waals surface area contributed by atoms with E-state index in [1.807, 2.05) is 25.2 Å². The van der Waals surface area contributed by atoms with Crippen molar-refractivity contribution < 1.29 is 0 Å². The van der Waals surface area contributed by atoms with Gasteiger partial charge in [-0.25, -0.2) is 0 Å². The average molecular weight is 288 g/mol. The number of hydrogen-bond donors (Lipinski definition) is 1. The minimum atomic E-state index is 0.168. The second kappa shape index (κ2) is 5.33. The predicted octanol–water partition coefficient (Wildman–Crippen LogP) is 4.86. The van der Waals surface area contributed by atoms with E-state index in [1.165, 1.54) is 21.2 Å². The minimum absolute atomic E-state index is 0.168. The summed E-state index contributed by atoms with van der Waals surface area (Å²) < 4.78 is 1.34. The van der Waals surface area contributed by atoms with Crippen LogP contribution in [0, 0.1) is 0 Å². The number of nitrogens with one attached hydrogen (secondary N) is 1. The van der Waals surface area contributed by atoms with Crippen molar-refractivity contribution in [3.63, 3.8) is 0 Å². The highest BCUT2D eigenvalue weighted by atomic mass is 35.5. The van der Waals surface area contributed by atoms with Crippen molar-refractivity contribution >= 4 is 33.0 Å². The standard InChI is InChI=1S/C16H14ClNS/c1-18-15(12-5-2-6-13(17)10-12)14-7-3-4-11-8-9-19-16(11)14/h2-10,15,18H,1H3. The molecule has 0 spiro atoms. The zero-order chi connectivity index (χ0) is 13.2. The lowest BCUT2D eigenvalue weighted by atomic mass is 9.98. The number of thiophene rings is 1. The molecule has 1 atom stereocenters. The summed E-state index contributed by atoms with van der Waals surface area (Å²) in [6.07, 6.45) is 0. The van der Waals surface area contributed by atoms with Crippen molar-refractivity contribution in [3.05, 3.63) is 70.1 Å². The Morgan fingerprint density at radius 1 is 1.11 bits per heavy atom. The smallest absolute Gasteiger partial charge is 0.0589 e. The summed E-state index contributed by atoms with van der Waals surface area (Å²) in [5.74, 6) is 0. The Balaban J connectivity index is 2.14. The minimum Gasteiger partial charge on any atom is -0.309 e. The van der Waals surface area contributed by atoms with E-state index in [-0.39, 0.29) is 6.04 Å². The van der Waals surface area contributed by atoms with Crippen molar-refractivity contribution in [2.75, 3.05) is 7.05 Å². The molecule has 0 aliphatic heterocycles. The molecule has 0 amide bonds. The molecule has 1 unspecified atom stereocenters. The molecule has 3 heteroatoms. The van der Waals surface area contributed by atoms with Gasteiger partial charge < -0.3 is 5.32 Å². The van der Waals surface area contributed by atoms with Crippen LogP contribution in [0.15, 0.2) is 53.9 Å². The summed E-state index contributed by atoms with van der Waals surface area (Å²) in [6, 6.07) is 16.8. The van der Waals surface area contributed by atoms with Gasteiger partial charge in [-0.05, 0) is 47.1 Å². The number of rotatable bonds is 3. The van der Waals surface area contributed by atoms with Crippen LogP contribution < -0.4 is 5.32 Å². The molecule has 19 heavy (non-hydrogen) atoms. The van der Waals surface area contributed by atoms with Gasteiger partial charge in [-0.2, -0.15) is 0 Å².